The molecule has 0 saturated carbocycles. The van der Waals surface area contributed by atoms with Crippen LogP contribution in [0.4, 0.5) is 0 Å². The highest BCUT2D eigenvalue weighted by Gasteiger charge is 2.05. The SMILES string of the molecule is CC(C)CCc1ccn(CCC(C)C)n1.CC(C)CCc1cnn(CCC(C)C)c1.CC(C)Cc1ccn(CC(C)C)n1.CC(C)Cc1cnn(CC(C)C)c1. The zero-order chi connectivity index (χ0) is 42.2. The minimum atomic E-state index is 0.673. The number of rotatable bonds is 20. The fourth-order valence-electron chi connectivity index (χ4n) is 5.86. The maximum atomic E-state index is 4.57. The molecule has 0 saturated heterocycles. The van der Waals surface area contributed by atoms with E-state index in [9.17, 15) is 0 Å². The van der Waals surface area contributed by atoms with Gasteiger partial charge in [-0.05, 0) is 122 Å². The van der Waals surface area contributed by atoms with Crippen molar-refractivity contribution < 1.29 is 0 Å². The molecule has 0 N–H and O–H groups in total. The van der Waals surface area contributed by atoms with E-state index >= 15 is 0 Å². The van der Waals surface area contributed by atoms with Gasteiger partial charge in [0.25, 0.3) is 0 Å². The highest BCUT2D eigenvalue weighted by atomic mass is 15.3. The van der Waals surface area contributed by atoms with Crippen LogP contribution in [-0.4, -0.2) is 39.1 Å². The predicted molar refractivity (Wildman–Crippen MR) is 241 cm³/mol. The second-order valence-electron chi connectivity index (χ2n) is 19.5. The monoisotopic (exact) mass is 777 g/mol. The Balaban J connectivity index is 0.000000374. The summed E-state index contributed by atoms with van der Waals surface area (Å²) in [6, 6.07) is 4.28. The van der Waals surface area contributed by atoms with Gasteiger partial charge >= 0.3 is 0 Å². The van der Waals surface area contributed by atoms with Gasteiger partial charge in [0, 0.05) is 51.0 Å². The smallest absolute Gasteiger partial charge is 0.0627 e. The van der Waals surface area contributed by atoms with Crippen LogP contribution in [0.15, 0.2) is 49.3 Å². The first-order valence-electron chi connectivity index (χ1n) is 22.4. The Morgan fingerprint density at radius 1 is 0.411 bits per heavy atom. The lowest BCUT2D eigenvalue weighted by atomic mass is 10.1. The molecule has 8 nitrogen and oxygen atoms in total. The van der Waals surface area contributed by atoms with Crippen molar-refractivity contribution in [1.29, 1.82) is 0 Å². The Kier molecular flexibility index (Phi) is 25.7. The van der Waals surface area contributed by atoms with Crippen molar-refractivity contribution in [2.75, 3.05) is 0 Å². The molecule has 56 heavy (non-hydrogen) atoms. The molecular weight excluding hydrogens is 689 g/mol. The van der Waals surface area contributed by atoms with Crippen molar-refractivity contribution in [3.05, 3.63) is 71.8 Å². The molecule has 0 amide bonds. The number of aryl methyl sites for hydroxylation is 4. The Bertz CT molecular complexity index is 1280. The summed E-state index contributed by atoms with van der Waals surface area (Å²) in [4.78, 5) is 0. The standard InChI is InChI=1S/2C13H24N2.2C11H20N2/c1-11(2)5-6-13-8-10-15(14-13)9-7-12(3)4;1-11(2)5-6-13-9-14-15(10-13)8-7-12(3)4;1-9(2)5-11-6-12-13(8-11)7-10(3)4;1-9(2)7-11-5-6-13(12-11)8-10(3)4/h8,10-12H,5-7,9H2,1-4H3;9-12H,5-8H2,1-4H3;6,8-10H,5,7H2,1-4H3;5-6,9-10H,7-8H2,1-4H3. The highest BCUT2D eigenvalue weighted by Crippen LogP contribution is 2.11. The van der Waals surface area contributed by atoms with Gasteiger partial charge in [0.1, 0.15) is 0 Å². The van der Waals surface area contributed by atoms with E-state index in [-0.39, 0.29) is 0 Å². The summed E-state index contributed by atoms with van der Waals surface area (Å²) < 4.78 is 8.25. The Labute approximate surface area is 345 Å². The predicted octanol–water partition coefficient (Wildman–Crippen LogP) is 12.5. The van der Waals surface area contributed by atoms with Crippen LogP contribution in [-0.2, 0) is 51.9 Å². The van der Waals surface area contributed by atoms with Gasteiger partial charge in [-0.15, -0.1) is 0 Å². The van der Waals surface area contributed by atoms with Crippen LogP contribution in [0.2, 0.25) is 0 Å². The van der Waals surface area contributed by atoms with Gasteiger partial charge in [-0.1, -0.05) is 111 Å². The summed E-state index contributed by atoms with van der Waals surface area (Å²) in [6.07, 6.45) is 22.0. The third-order valence-corrected chi connectivity index (χ3v) is 8.99. The molecule has 0 atom stereocenters. The Morgan fingerprint density at radius 3 is 1.41 bits per heavy atom. The molecule has 0 fully saturated rings. The third kappa shape index (κ3) is 26.6. The van der Waals surface area contributed by atoms with Gasteiger partial charge in [0.05, 0.1) is 23.8 Å². The molecule has 0 radical (unpaired) electrons. The number of hydrogen-bond acceptors (Lipinski definition) is 4. The summed E-state index contributed by atoms with van der Waals surface area (Å²) in [6.45, 7) is 40.0. The van der Waals surface area contributed by atoms with Gasteiger partial charge < -0.3 is 0 Å². The molecule has 0 aliphatic heterocycles. The minimum absolute atomic E-state index is 0.673. The average molecular weight is 777 g/mol. The summed E-state index contributed by atoms with van der Waals surface area (Å²) in [5.74, 6) is 5.83. The first kappa shape index (κ1) is 50.9. The molecule has 0 aliphatic carbocycles. The van der Waals surface area contributed by atoms with E-state index < -0.39 is 0 Å². The molecular formula is C48H88N8. The van der Waals surface area contributed by atoms with Crippen LogP contribution < -0.4 is 0 Å². The molecule has 8 heteroatoms. The number of hydrogen-bond donors (Lipinski definition) is 0. The van der Waals surface area contributed by atoms with E-state index in [1.165, 1.54) is 54.6 Å². The maximum Gasteiger partial charge on any atom is 0.0627 e. The second kappa shape index (κ2) is 28.3. The Morgan fingerprint density at radius 2 is 0.857 bits per heavy atom. The molecule has 0 unspecified atom stereocenters. The van der Waals surface area contributed by atoms with E-state index in [0.29, 0.717) is 17.8 Å². The van der Waals surface area contributed by atoms with Crippen LogP contribution in [0.1, 0.15) is 159 Å². The van der Waals surface area contributed by atoms with Gasteiger partial charge in [-0.25, -0.2) is 0 Å². The molecule has 4 aromatic heterocycles. The number of nitrogens with zero attached hydrogens (tertiary/aromatic N) is 8. The van der Waals surface area contributed by atoms with Crippen LogP contribution in [0.5, 0.6) is 0 Å². The average Bonchev–Trinajstić information content (AvgIpc) is 3.90. The van der Waals surface area contributed by atoms with E-state index in [1.807, 2.05) is 21.8 Å². The second-order valence-corrected chi connectivity index (χ2v) is 19.5. The number of aromatic nitrogens is 8. The van der Waals surface area contributed by atoms with Gasteiger partial charge in [0.2, 0.25) is 0 Å². The van der Waals surface area contributed by atoms with E-state index in [1.54, 1.807) is 0 Å². The molecule has 0 spiro atoms. The van der Waals surface area contributed by atoms with Crippen molar-refractivity contribution >= 4 is 0 Å². The lowest BCUT2D eigenvalue weighted by Crippen LogP contribution is -2.05. The largest absolute Gasteiger partial charge is 0.272 e. The molecule has 4 aromatic rings. The molecule has 0 aliphatic rings. The van der Waals surface area contributed by atoms with Crippen LogP contribution >= 0.6 is 0 Å². The first-order chi connectivity index (χ1) is 26.3. The van der Waals surface area contributed by atoms with Crippen LogP contribution in [0.25, 0.3) is 0 Å². The van der Waals surface area contributed by atoms with Gasteiger partial charge in [0.15, 0.2) is 0 Å². The lowest BCUT2D eigenvalue weighted by molar-refractivity contribution is 0.476. The summed E-state index contributed by atoms with van der Waals surface area (Å²) >= 11 is 0. The fourth-order valence-corrected chi connectivity index (χ4v) is 5.86. The van der Waals surface area contributed by atoms with Crippen molar-refractivity contribution in [2.24, 2.45) is 47.3 Å². The lowest BCUT2D eigenvalue weighted by Gasteiger charge is -2.04. The Hall–Kier alpha value is -3.16. The van der Waals surface area contributed by atoms with Crippen LogP contribution in [0.3, 0.4) is 0 Å². The first-order valence-corrected chi connectivity index (χ1v) is 22.4. The van der Waals surface area contributed by atoms with Crippen molar-refractivity contribution in [3.63, 3.8) is 0 Å². The topological polar surface area (TPSA) is 71.3 Å². The van der Waals surface area contributed by atoms with Crippen LogP contribution in [0, 0.1) is 47.3 Å². The van der Waals surface area contributed by atoms with Gasteiger partial charge in [-0.3, -0.25) is 18.7 Å². The van der Waals surface area contributed by atoms with Gasteiger partial charge in [-0.2, -0.15) is 20.4 Å². The van der Waals surface area contributed by atoms with E-state index in [0.717, 1.165) is 75.0 Å². The molecule has 0 bridgehead atoms. The quantitative estimate of drug-likeness (QED) is 0.0896. The normalized spacial score (nSPS) is 11.6. The van der Waals surface area contributed by atoms with Crippen molar-refractivity contribution in [3.8, 4) is 0 Å². The summed E-state index contributed by atoms with van der Waals surface area (Å²) in [7, 11) is 0. The third-order valence-electron chi connectivity index (χ3n) is 8.99. The fraction of sp³-hybridized carbons (Fsp3) is 0.750. The van der Waals surface area contributed by atoms with Crippen molar-refractivity contribution in [2.45, 2.75) is 188 Å². The molecule has 320 valence electrons. The zero-order valence-electron chi connectivity index (χ0n) is 39.3. The molecule has 4 heterocycles. The maximum absolute atomic E-state index is 4.57. The van der Waals surface area contributed by atoms with Crippen molar-refractivity contribution in [1.82, 2.24) is 39.1 Å². The van der Waals surface area contributed by atoms with E-state index in [4.69, 9.17) is 0 Å². The summed E-state index contributed by atoms with van der Waals surface area (Å²) in [5.41, 5.74) is 5.20. The summed E-state index contributed by atoms with van der Waals surface area (Å²) in [5, 5.41) is 17.8. The molecule has 4 rings (SSSR count). The highest BCUT2D eigenvalue weighted by molar-refractivity contribution is 5.05. The van der Waals surface area contributed by atoms with E-state index in [2.05, 4.69) is 177 Å². The zero-order valence-corrected chi connectivity index (χ0v) is 39.3. The minimum Gasteiger partial charge on any atom is -0.272 e. The molecule has 0 aromatic carbocycles.